The standard InChI is InChI=1S/C25H28N6O3/c1-25(2,3)31-22(32)16-33-20-11-7-8-17(12-20)24-29-21(28-18(14-26)15-27)13-23(30-24)34-19-9-5-4-6-10-19/h4-15,26H,16,27H2,1-3H3,(H,31,32)(H,28,29,30)/b18-15+,26-14?. The number of benzene rings is 2. The van der Waals surface area contributed by atoms with E-state index >= 15 is 0 Å². The smallest absolute Gasteiger partial charge is 0.258 e. The highest BCUT2D eigenvalue weighted by molar-refractivity contribution is 5.80. The van der Waals surface area contributed by atoms with Gasteiger partial charge in [0, 0.05) is 29.6 Å². The monoisotopic (exact) mass is 460 g/mol. The summed E-state index contributed by atoms with van der Waals surface area (Å²) in [4.78, 5) is 21.1. The molecule has 3 aromatic rings. The van der Waals surface area contributed by atoms with Gasteiger partial charge in [0.2, 0.25) is 5.88 Å². The molecule has 0 radical (unpaired) electrons. The first-order valence-corrected chi connectivity index (χ1v) is 10.6. The molecular formula is C25H28N6O3. The van der Waals surface area contributed by atoms with Gasteiger partial charge in [-0.3, -0.25) is 4.79 Å². The molecule has 2 aromatic carbocycles. The molecular weight excluding hydrogens is 432 g/mol. The number of rotatable bonds is 9. The summed E-state index contributed by atoms with van der Waals surface area (Å²) in [6.45, 7) is 5.60. The zero-order chi connectivity index (χ0) is 24.6. The van der Waals surface area contributed by atoms with Crippen LogP contribution in [0.25, 0.3) is 11.4 Å². The van der Waals surface area contributed by atoms with Gasteiger partial charge >= 0.3 is 0 Å². The first kappa shape index (κ1) is 24.2. The molecule has 3 rings (SSSR count). The van der Waals surface area contributed by atoms with Crippen molar-refractivity contribution in [3.8, 4) is 28.8 Å². The van der Waals surface area contributed by atoms with Gasteiger partial charge in [-0.1, -0.05) is 30.3 Å². The molecule has 0 saturated heterocycles. The van der Waals surface area contributed by atoms with E-state index in [2.05, 4.69) is 20.6 Å². The van der Waals surface area contributed by atoms with Gasteiger partial charge in [-0.25, -0.2) is 4.98 Å². The number of nitrogens with zero attached hydrogens (tertiary/aromatic N) is 2. The summed E-state index contributed by atoms with van der Waals surface area (Å²) in [6.07, 6.45) is 2.35. The Bertz CT molecular complexity index is 1170. The lowest BCUT2D eigenvalue weighted by Crippen LogP contribution is -2.43. The van der Waals surface area contributed by atoms with Crippen molar-refractivity contribution >= 4 is 17.9 Å². The van der Waals surface area contributed by atoms with Crippen LogP contribution in [0.15, 0.2) is 72.6 Å². The molecule has 1 aromatic heterocycles. The lowest BCUT2D eigenvalue weighted by molar-refractivity contribution is -0.124. The molecule has 0 bridgehead atoms. The average molecular weight is 461 g/mol. The number of nitrogens with one attached hydrogen (secondary N) is 3. The molecule has 0 atom stereocenters. The Morgan fingerprint density at radius 2 is 1.79 bits per heavy atom. The van der Waals surface area contributed by atoms with E-state index in [1.165, 1.54) is 6.20 Å². The van der Waals surface area contributed by atoms with E-state index in [0.29, 0.717) is 40.3 Å². The minimum Gasteiger partial charge on any atom is -0.484 e. The molecule has 0 aliphatic carbocycles. The topological polar surface area (TPSA) is 135 Å². The fourth-order valence-electron chi connectivity index (χ4n) is 2.88. The molecule has 0 aliphatic rings. The van der Waals surface area contributed by atoms with Crippen LogP contribution >= 0.6 is 0 Å². The van der Waals surface area contributed by atoms with E-state index in [4.69, 9.17) is 20.6 Å². The zero-order valence-corrected chi connectivity index (χ0v) is 19.3. The highest BCUT2D eigenvalue weighted by Crippen LogP contribution is 2.27. The predicted molar refractivity (Wildman–Crippen MR) is 132 cm³/mol. The third-order valence-electron chi connectivity index (χ3n) is 4.25. The average Bonchev–Trinajstić information content (AvgIpc) is 2.81. The quantitative estimate of drug-likeness (QED) is 0.353. The number of carbonyl (C=O) groups excluding carboxylic acids is 1. The first-order valence-electron chi connectivity index (χ1n) is 10.6. The number of hydrogen-bond donors (Lipinski definition) is 4. The van der Waals surface area contributed by atoms with Crippen molar-refractivity contribution in [1.29, 1.82) is 5.41 Å². The summed E-state index contributed by atoms with van der Waals surface area (Å²) in [5.74, 6) is 1.95. The number of aromatic nitrogens is 2. The van der Waals surface area contributed by atoms with E-state index in [0.717, 1.165) is 6.21 Å². The molecule has 1 amide bonds. The molecule has 0 spiro atoms. The molecule has 0 fully saturated rings. The third kappa shape index (κ3) is 7.33. The maximum atomic E-state index is 12.1. The van der Waals surface area contributed by atoms with Crippen LogP contribution < -0.4 is 25.8 Å². The second-order valence-corrected chi connectivity index (χ2v) is 8.34. The number of nitrogens with two attached hydrogens (primary N) is 1. The van der Waals surface area contributed by atoms with Crippen LogP contribution in [0.3, 0.4) is 0 Å². The summed E-state index contributed by atoms with van der Waals surface area (Å²) < 4.78 is 11.6. The zero-order valence-electron chi connectivity index (χ0n) is 19.3. The van der Waals surface area contributed by atoms with E-state index in [9.17, 15) is 4.79 Å². The SMILES string of the molecule is CC(C)(C)NC(=O)COc1cccc(-c2nc(N/C(C=N)=C/N)cc(Oc3ccccc3)n2)c1. The van der Waals surface area contributed by atoms with Crippen molar-refractivity contribution in [3.63, 3.8) is 0 Å². The minimum atomic E-state index is -0.341. The van der Waals surface area contributed by atoms with Crippen LogP contribution in [-0.2, 0) is 4.79 Å². The second kappa shape index (κ2) is 11.0. The molecule has 5 N–H and O–H groups in total. The van der Waals surface area contributed by atoms with E-state index in [1.807, 2.05) is 57.2 Å². The summed E-state index contributed by atoms with van der Waals surface area (Å²) in [6, 6.07) is 18.0. The number of para-hydroxylation sites is 1. The fraction of sp³-hybridized carbons (Fsp3) is 0.200. The Morgan fingerprint density at radius 1 is 1.06 bits per heavy atom. The highest BCUT2D eigenvalue weighted by atomic mass is 16.5. The summed E-state index contributed by atoms with van der Waals surface area (Å²) >= 11 is 0. The van der Waals surface area contributed by atoms with Crippen molar-refractivity contribution in [2.45, 2.75) is 26.3 Å². The van der Waals surface area contributed by atoms with Crippen LogP contribution in [0.5, 0.6) is 17.4 Å². The third-order valence-corrected chi connectivity index (χ3v) is 4.25. The van der Waals surface area contributed by atoms with Crippen molar-refractivity contribution in [2.75, 3.05) is 11.9 Å². The highest BCUT2D eigenvalue weighted by Gasteiger charge is 2.15. The fourth-order valence-corrected chi connectivity index (χ4v) is 2.88. The Hall–Kier alpha value is -4.40. The van der Waals surface area contributed by atoms with Gasteiger partial charge in [-0.15, -0.1) is 0 Å². The predicted octanol–water partition coefficient (Wildman–Crippen LogP) is 4.09. The largest absolute Gasteiger partial charge is 0.484 e. The van der Waals surface area contributed by atoms with Crippen molar-refractivity contribution in [2.24, 2.45) is 5.73 Å². The number of amides is 1. The Morgan fingerprint density at radius 3 is 2.47 bits per heavy atom. The van der Waals surface area contributed by atoms with Gasteiger partial charge in [-0.05, 0) is 45.0 Å². The molecule has 9 heteroatoms. The van der Waals surface area contributed by atoms with E-state index in [1.54, 1.807) is 24.3 Å². The van der Waals surface area contributed by atoms with Gasteiger partial charge in [0.05, 0.1) is 5.70 Å². The number of ether oxygens (including phenoxy) is 2. The van der Waals surface area contributed by atoms with Crippen LogP contribution in [-0.4, -0.2) is 34.2 Å². The Balaban J connectivity index is 1.88. The molecule has 9 nitrogen and oxygen atoms in total. The van der Waals surface area contributed by atoms with Gasteiger partial charge in [-0.2, -0.15) is 4.98 Å². The van der Waals surface area contributed by atoms with Crippen molar-refractivity contribution in [1.82, 2.24) is 15.3 Å². The summed E-state index contributed by atoms with van der Waals surface area (Å²) in [5.41, 5.74) is 6.23. The molecule has 0 unspecified atom stereocenters. The number of carbonyl (C=O) groups is 1. The van der Waals surface area contributed by atoms with Gasteiger partial charge in [0.25, 0.3) is 5.91 Å². The maximum absolute atomic E-state index is 12.1. The molecule has 1 heterocycles. The van der Waals surface area contributed by atoms with Gasteiger partial charge in [0.1, 0.15) is 17.3 Å². The Labute approximate surface area is 198 Å². The van der Waals surface area contributed by atoms with Crippen LogP contribution in [0, 0.1) is 5.41 Å². The second-order valence-electron chi connectivity index (χ2n) is 8.34. The van der Waals surface area contributed by atoms with Crippen LogP contribution in [0.4, 0.5) is 5.82 Å². The van der Waals surface area contributed by atoms with Crippen LogP contribution in [0.1, 0.15) is 20.8 Å². The van der Waals surface area contributed by atoms with Gasteiger partial charge < -0.3 is 31.3 Å². The van der Waals surface area contributed by atoms with Crippen molar-refractivity contribution < 1.29 is 14.3 Å². The summed E-state index contributed by atoms with van der Waals surface area (Å²) in [7, 11) is 0. The normalized spacial score (nSPS) is 11.4. The molecule has 0 saturated carbocycles. The molecule has 34 heavy (non-hydrogen) atoms. The number of allylic oxidation sites excluding steroid dienone is 1. The molecule has 176 valence electrons. The molecule has 0 aliphatic heterocycles. The van der Waals surface area contributed by atoms with Crippen LogP contribution in [0.2, 0.25) is 0 Å². The maximum Gasteiger partial charge on any atom is 0.258 e. The first-order chi connectivity index (χ1) is 16.3. The number of hydrogen-bond acceptors (Lipinski definition) is 8. The van der Waals surface area contributed by atoms with Gasteiger partial charge in [0.15, 0.2) is 12.4 Å². The van der Waals surface area contributed by atoms with E-state index in [-0.39, 0.29) is 18.1 Å². The lowest BCUT2D eigenvalue weighted by atomic mass is 10.1. The lowest BCUT2D eigenvalue weighted by Gasteiger charge is -2.20. The van der Waals surface area contributed by atoms with E-state index < -0.39 is 0 Å². The summed E-state index contributed by atoms with van der Waals surface area (Å²) in [5, 5.41) is 13.3. The number of anilines is 1. The van der Waals surface area contributed by atoms with Crippen molar-refractivity contribution in [3.05, 3.63) is 72.6 Å². The minimum absolute atomic E-state index is 0.116. The Kier molecular flexibility index (Phi) is 7.81.